The van der Waals surface area contributed by atoms with E-state index >= 15 is 0 Å². The van der Waals surface area contributed by atoms with E-state index < -0.39 is 0 Å². The highest BCUT2D eigenvalue weighted by molar-refractivity contribution is 7.80. The molecule has 3 fully saturated rings. The molecule has 0 unspecified atom stereocenters. The van der Waals surface area contributed by atoms with Crippen molar-refractivity contribution in [3.8, 4) is 17.4 Å². The first kappa shape index (κ1) is 22.4. The third kappa shape index (κ3) is 4.73. The molecule has 12 heteroatoms. The molecule has 4 atom stereocenters. The maximum atomic E-state index is 6.12. The van der Waals surface area contributed by atoms with Crippen LogP contribution in [0.5, 0.6) is 11.8 Å². The lowest BCUT2D eigenvalue weighted by atomic mass is 9.96. The Morgan fingerprint density at radius 2 is 1.86 bits per heavy atom. The van der Waals surface area contributed by atoms with Gasteiger partial charge in [-0.05, 0) is 59.8 Å². The molecule has 184 valence electrons. The van der Waals surface area contributed by atoms with Gasteiger partial charge < -0.3 is 29.4 Å². The fourth-order valence-electron chi connectivity index (χ4n) is 5.12. The van der Waals surface area contributed by atoms with E-state index in [0.29, 0.717) is 36.1 Å². The number of hydrogen-bond donors (Lipinski definition) is 2. The molecule has 35 heavy (non-hydrogen) atoms. The normalized spacial score (nSPS) is 26.4. The fraction of sp³-hybridized carbons (Fsp3) is 0.522. The molecule has 6 rings (SSSR count). The Labute approximate surface area is 208 Å². The average Bonchev–Trinajstić information content (AvgIpc) is 3.67. The van der Waals surface area contributed by atoms with E-state index in [0.717, 1.165) is 5.69 Å². The molecule has 3 aromatic rings. The lowest BCUT2D eigenvalue weighted by Crippen LogP contribution is -2.50. The lowest BCUT2D eigenvalue weighted by Gasteiger charge is -2.26. The number of fused-ring (bicyclic) bond motifs is 1. The SMILES string of the molecule is S=C(NC1CCCCC1)N[C@H]1CO[C@H]2[C@H]1OC[C@H]2n1nnnc1Oc1ccc(-n2ccnc2)cc1. The summed E-state index contributed by atoms with van der Waals surface area (Å²) in [6.07, 6.45) is 11.2. The smallest absolute Gasteiger partial charge is 0.341 e. The van der Waals surface area contributed by atoms with Crippen molar-refractivity contribution in [2.45, 2.75) is 62.4 Å². The molecule has 0 amide bonds. The summed E-state index contributed by atoms with van der Waals surface area (Å²) < 4.78 is 21.8. The largest absolute Gasteiger partial charge is 0.423 e. The van der Waals surface area contributed by atoms with Gasteiger partial charge in [0.15, 0.2) is 5.11 Å². The summed E-state index contributed by atoms with van der Waals surface area (Å²) in [6, 6.07) is 8.16. The summed E-state index contributed by atoms with van der Waals surface area (Å²) in [5, 5.41) is 19.6. The second-order valence-corrected chi connectivity index (χ2v) is 9.60. The Bertz CT molecular complexity index is 1130. The summed E-state index contributed by atoms with van der Waals surface area (Å²) in [5.74, 6) is 0.631. The molecular weight excluding hydrogens is 468 g/mol. The highest BCUT2D eigenvalue weighted by Gasteiger charge is 2.50. The van der Waals surface area contributed by atoms with E-state index in [-0.39, 0.29) is 24.3 Å². The monoisotopic (exact) mass is 496 g/mol. The number of imidazole rings is 1. The van der Waals surface area contributed by atoms with Gasteiger partial charge in [-0.3, -0.25) is 0 Å². The van der Waals surface area contributed by atoms with E-state index in [1.165, 1.54) is 32.1 Å². The number of nitrogens with one attached hydrogen (secondary N) is 2. The van der Waals surface area contributed by atoms with Crippen molar-refractivity contribution in [2.24, 2.45) is 0 Å². The van der Waals surface area contributed by atoms with Crippen LogP contribution < -0.4 is 15.4 Å². The predicted molar refractivity (Wildman–Crippen MR) is 130 cm³/mol. The van der Waals surface area contributed by atoms with Gasteiger partial charge in [-0.25, -0.2) is 4.98 Å². The summed E-state index contributed by atoms with van der Waals surface area (Å²) in [6.45, 7) is 0.934. The maximum absolute atomic E-state index is 6.12. The van der Waals surface area contributed by atoms with Gasteiger partial charge in [0, 0.05) is 24.1 Å². The predicted octanol–water partition coefficient (Wildman–Crippen LogP) is 2.16. The Balaban J connectivity index is 1.08. The summed E-state index contributed by atoms with van der Waals surface area (Å²) in [7, 11) is 0. The van der Waals surface area contributed by atoms with Crippen LogP contribution in [0.1, 0.15) is 38.1 Å². The first-order valence-electron chi connectivity index (χ1n) is 12.1. The van der Waals surface area contributed by atoms with Crippen LogP contribution in [0.3, 0.4) is 0 Å². The van der Waals surface area contributed by atoms with Crippen LogP contribution in [-0.2, 0) is 9.47 Å². The highest BCUT2D eigenvalue weighted by Crippen LogP contribution is 2.36. The van der Waals surface area contributed by atoms with E-state index in [1.807, 2.05) is 35.0 Å². The van der Waals surface area contributed by atoms with Crippen LogP contribution in [0.4, 0.5) is 0 Å². The van der Waals surface area contributed by atoms with Crippen molar-refractivity contribution in [3.05, 3.63) is 43.0 Å². The van der Waals surface area contributed by atoms with E-state index in [2.05, 4.69) is 31.1 Å². The van der Waals surface area contributed by atoms with Crippen molar-refractivity contribution >= 4 is 17.3 Å². The van der Waals surface area contributed by atoms with Crippen molar-refractivity contribution in [1.82, 2.24) is 40.4 Å². The number of ether oxygens (including phenoxy) is 3. The zero-order valence-electron chi connectivity index (χ0n) is 19.2. The number of tetrazole rings is 1. The van der Waals surface area contributed by atoms with Crippen LogP contribution >= 0.6 is 12.2 Å². The first-order valence-corrected chi connectivity index (χ1v) is 12.5. The molecule has 0 spiro atoms. The third-order valence-electron chi connectivity index (χ3n) is 6.91. The van der Waals surface area contributed by atoms with Gasteiger partial charge in [0.1, 0.15) is 24.0 Å². The van der Waals surface area contributed by atoms with Crippen molar-refractivity contribution < 1.29 is 14.2 Å². The number of rotatable bonds is 6. The van der Waals surface area contributed by atoms with Gasteiger partial charge in [-0.2, -0.15) is 4.68 Å². The molecule has 3 aliphatic rings. The van der Waals surface area contributed by atoms with Crippen LogP contribution in [-0.4, -0.2) is 72.4 Å². The molecule has 2 saturated heterocycles. The van der Waals surface area contributed by atoms with Gasteiger partial charge >= 0.3 is 6.01 Å². The summed E-state index contributed by atoms with van der Waals surface area (Å²) in [4.78, 5) is 4.07. The minimum atomic E-state index is -0.195. The molecule has 1 aliphatic carbocycles. The number of nitrogens with zero attached hydrogens (tertiary/aromatic N) is 6. The molecule has 0 radical (unpaired) electrons. The first-order chi connectivity index (χ1) is 17.2. The highest BCUT2D eigenvalue weighted by atomic mass is 32.1. The number of benzene rings is 1. The van der Waals surface area contributed by atoms with Crippen LogP contribution in [0.15, 0.2) is 43.0 Å². The van der Waals surface area contributed by atoms with Crippen LogP contribution in [0.25, 0.3) is 5.69 Å². The van der Waals surface area contributed by atoms with Crippen molar-refractivity contribution in [2.75, 3.05) is 13.2 Å². The molecule has 11 nitrogen and oxygen atoms in total. The molecule has 1 saturated carbocycles. The minimum Gasteiger partial charge on any atom is -0.423 e. The number of hydrogen-bond acceptors (Lipinski definition) is 8. The van der Waals surface area contributed by atoms with Crippen LogP contribution in [0.2, 0.25) is 0 Å². The second-order valence-electron chi connectivity index (χ2n) is 9.19. The topological polar surface area (TPSA) is 113 Å². The zero-order chi connectivity index (χ0) is 23.6. The Morgan fingerprint density at radius 3 is 2.66 bits per heavy atom. The Morgan fingerprint density at radius 1 is 1.03 bits per heavy atom. The maximum Gasteiger partial charge on any atom is 0.341 e. The van der Waals surface area contributed by atoms with Gasteiger partial charge in [0.05, 0.1) is 25.6 Å². The molecule has 4 heterocycles. The quantitative estimate of drug-likeness (QED) is 0.492. The van der Waals surface area contributed by atoms with E-state index in [9.17, 15) is 0 Å². The van der Waals surface area contributed by atoms with Crippen molar-refractivity contribution in [1.29, 1.82) is 0 Å². The molecule has 2 N–H and O–H groups in total. The fourth-order valence-corrected chi connectivity index (χ4v) is 5.44. The Hall–Kier alpha value is -3.09. The molecular formula is C23H28N8O3S. The summed E-state index contributed by atoms with van der Waals surface area (Å²) >= 11 is 5.57. The Kier molecular flexibility index (Phi) is 6.32. The lowest BCUT2D eigenvalue weighted by molar-refractivity contribution is 0.0614. The standard InChI is InChI=1S/C23H28N8O3S/c35-22(25-15-4-2-1-3-5-15)26-18-12-32-21-19(13-33-20(18)21)31-23(27-28-29-31)34-17-8-6-16(7-9-17)30-11-10-24-14-30/h6-11,14-15,18-21H,1-5,12-13H2,(H2,25,26,35)/t18-,19+,20-,21+/m0/s1. The van der Waals surface area contributed by atoms with E-state index in [1.54, 1.807) is 17.2 Å². The number of aromatic nitrogens is 6. The number of thiocarbonyl (C=S) groups is 1. The minimum absolute atomic E-state index is 0.0230. The van der Waals surface area contributed by atoms with E-state index in [4.69, 9.17) is 26.4 Å². The molecule has 0 bridgehead atoms. The average molecular weight is 497 g/mol. The van der Waals surface area contributed by atoms with Gasteiger partial charge in [0.2, 0.25) is 0 Å². The van der Waals surface area contributed by atoms with Crippen LogP contribution in [0, 0.1) is 0 Å². The zero-order valence-corrected chi connectivity index (χ0v) is 20.0. The second kappa shape index (κ2) is 9.88. The molecule has 1 aromatic carbocycles. The van der Waals surface area contributed by atoms with Gasteiger partial charge in [-0.15, -0.1) is 0 Å². The van der Waals surface area contributed by atoms with Gasteiger partial charge in [0.25, 0.3) is 0 Å². The third-order valence-corrected chi connectivity index (χ3v) is 7.15. The van der Waals surface area contributed by atoms with Gasteiger partial charge in [-0.1, -0.05) is 24.4 Å². The molecule has 2 aromatic heterocycles. The van der Waals surface area contributed by atoms with Crippen molar-refractivity contribution in [3.63, 3.8) is 0 Å². The molecule has 2 aliphatic heterocycles. The summed E-state index contributed by atoms with van der Waals surface area (Å²) in [5.41, 5.74) is 0.982.